The first-order valence-electron chi connectivity index (χ1n) is 12.7. The van der Waals surface area contributed by atoms with Gasteiger partial charge in [0.1, 0.15) is 11.6 Å². The van der Waals surface area contributed by atoms with Crippen LogP contribution in [0.5, 0.6) is 0 Å². The Morgan fingerprint density at radius 2 is 1.73 bits per heavy atom. The molecule has 5 nitrogen and oxygen atoms in total. The number of amides is 1. The number of carbonyl (C=O) groups excluding carboxylic acids is 1. The third-order valence-electron chi connectivity index (χ3n) is 7.18. The molecule has 0 unspecified atom stereocenters. The van der Waals surface area contributed by atoms with Crippen molar-refractivity contribution in [3.63, 3.8) is 0 Å². The van der Waals surface area contributed by atoms with Crippen LogP contribution < -0.4 is 0 Å². The molecule has 4 aromatic rings. The van der Waals surface area contributed by atoms with Gasteiger partial charge < -0.3 is 4.90 Å². The van der Waals surface area contributed by atoms with Crippen LogP contribution in [-0.2, 0) is 26.1 Å². The Kier molecular flexibility index (Phi) is 6.30. The van der Waals surface area contributed by atoms with Crippen molar-refractivity contribution in [2.45, 2.75) is 44.9 Å². The number of benzene rings is 3. The first-order valence-corrected chi connectivity index (χ1v) is 12.7. The summed E-state index contributed by atoms with van der Waals surface area (Å²) in [6, 6.07) is 22.7. The summed E-state index contributed by atoms with van der Waals surface area (Å²) in [7, 11) is 0. The highest BCUT2D eigenvalue weighted by atomic mass is 19.1. The molecular formula is C30H28F2N4O. The molecule has 6 rings (SSSR count). The van der Waals surface area contributed by atoms with Gasteiger partial charge in [0.2, 0.25) is 0 Å². The standard InChI is InChI=1S/C30H28F2N4O/c31-23-11-9-21(10-12-23)18-34-16-15-29-27(19-34)28(33-36(29)26-7-2-1-3-8-26)20-35(25-13-14-25)30(37)22-5-4-6-24(32)17-22/h1-12,17,25H,13-16,18-20H2. The number of halogens is 2. The summed E-state index contributed by atoms with van der Waals surface area (Å²) in [6.07, 6.45) is 2.71. The number of para-hydroxylation sites is 1. The first kappa shape index (κ1) is 23.6. The molecule has 0 radical (unpaired) electrons. The van der Waals surface area contributed by atoms with E-state index in [1.54, 1.807) is 12.1 Å². The van der Waals surface area contributed by atoms with Crippen LogP contribution in [0.15, 0.2) is 78.9 Å². The van der Waals surface area contributed by atoms with Crippen LogP contribution in [0.25, 0.3) is 5.69 Å². The Balaban J connectivity index is 1.33. The molecule has 1 aliphatic carbocycles. The summed E-state index contributed by atoms with van der Waals surface area (Å²) >= 11 is 0. The molecule has 0 spiro atoms. The average molecular weight is 499 g/mol. The quantitative estimate of drug-likeness (QED) is 0.337. The minimum absolute atomic E-state index is 0.146. The number of hydrogen-bond acceptors (Lipinski definition) is 3. The third-order valence-corrected chi connectivity index (χ3v) is 7.18. The molecule has 37 heavy (non-hydrogen) atoms. The second kappa shape index (κ2) is 9.90. The molecule has 3 aromatic carbocycles. The monoisotopic (exact) mass is 498 g/mol. The zero-order valence-electron chi connectivity index (χ0n) is 20.5. The van der Waals surface area contributed by atoms with Crippen LogP contribution >= 0.6 is 0 Å². The second-order valence-corrected chi connectivity index (χ2v) is 9.88. The maximum atomic E-state index is 13.9. The van der Waals surface area contributed by atoms with E-state index in [-0.39, 0.29) is 17.8 Å². The molecule has 0 atom stereocenters. The van der Waals surface area contributed by atoms with Crippen molar-refractivity contribution in [3.05, 3.63) is 119 Å². The zero-order chi connectivity index (χ0) is 25.4. The van der Waals surface area contributed by atoms with E-state index < -0.39 is 5.82 Å². The van der Waals surface area contributed by atoms with Crippen LogP contribution in [0.3, 0.4) is 0 Å². The van der Waals surface area contributed by atoms with Crippen molar-refractivity contribution in [1.82, 2.24) is 19.6 Å². The summed E-state index contributed by atoms with van der Waals surface area (Å²) in [5.41, 5.74) is 5.58. The molecule has 1 aromatic heterocycles. The molecule has 188 valence electrons. The Hall–Kier alpha value is -3.84. The summed E-state index contributed by atoms with van der Waals surface area (Å²) in [5.74, 6) is -0.813. The van der Waals surface area contributed by atoms with E-state index >= 15 is 0 Å². The SMILES string of the molecule is O=C(c1cccc(F)c1)N(Cc1nn(-c2ccccc2)c2c1CN(Cc1ccc(F)cc1)CC2)C1CC1. The van der Waals surface area contributed by atoms with Gasteiger partial charge in [-0.15, -0.1) is 0 Å². The van der Waals surface area contributed by atoms with Gasteiger partial charge in [0.15, 0.2) is 0 Å². The highest BCUT2D eigenvalue weighted by molar-refractivity contribution is 5.94. The lowest BCUT2D eigenvalue weighted by Gasteiger charge is -2.28. The number of rotatable bonds is 7. The Bertz CT molecular complexity index is 1410. The van der Waals surface area contributed by atoms with Crippen LogP contribution in [-0.4, -0.2) is 38.1 Å². The topological polar surface area (TPSA) is 41.4 Å². The molecule has 2 aliphatic rings. The second-order valence-electron chi connectivity index (χ2n) is 9.88. The molecule has 2 heterocycles. The van der Waals surface area contributed by atoms with Gasteiger partial charge in [-0.1, -0.05) is 36.4 Å². The number of aromatic nitrogens is 2. The molecule has 0 N–H and O–H groups in total. The summed E-state index contributed by atoms with van der Waals surface area (Å²) in [5, 5.41) is 5.03. The molecule has 7 heteroatoms. The Morgan fingerprint density at radius 3 is 2.46 bits per heavy atom. The van der Waals surface area contributed by atoms with E-state index in [0.717, 1.165) is 54.0 Å². The van der Waals surface area contributed by atoms with E-state index in [4.69, 9.17) is 5.10 Å². The highest BCUT2D eigenvalue weighted by Gasteiger charge is 2.35. The van der Waals surface area contributed by atoms with Crippen molar-refractivity contribution in [2.24, 2.45) is 0 Å². The van der Waals surface area contributed by atoms with E-state index in [2.05, 4.69) is 4.90 Å². The van der Waals surface area contributed by atoms with Crippen molar-refractivity contribution in [1.29, 1.82) is 0 Å². The van der Waals surface area contributed by atoms with Crippen LogP contribution in [0.2, 0.25) is 0 Å². The minimum atomic E-state index is -0.413. The molecule has 1 saturated carbocycles. The normalized spacial score (nSPS) is 15.4. The average Bonchev–Trinajstić information content (AvgIpc) is 3.70. The van der Waals surface area contributed by atoms with E-state index in [9.17, 15) is 13.6 Å². The summed E-state index contributed by atoms with van der Waals surface area (Å²) in [6.45, 7) is 2.65. The maximum absolute atomic E-state index is 13.9. The van der Waals surface area contributed by atoms with Gasteiger partial charge in [-0.05, 0) is 60.9 Å². The first-order chi connectivity index (χ1) is 18.0. The van der Waals surface area contributed by atoms with Gasteiger partial charge in [0.25, 0.3) is 5.91 Å². The number of fused-ring (bicyclic) bond motifs is 1. The van der Waals surface area contributed by atoms with Crippen LogP contribution in [0.4, 0.5) is 8.78 Å². The molecule has 1 aliphatic heterocycles. The molecule has 1 fully saturated rings. The predicted octanol–water partition coefficient (Wildman–Crippen LogP) is 5.51. The van der Waals surface area contributed by atoms with Gasteiger partial charge in [0.05, 0.1) is 23.6 Å². The van der Waals surface area contributed by atoms with E-state index in [1.165, 1.54) is 24.3 Å². The number of carbonyl (C=O) groups is 1. The fraction of sp³-hybridized carbons (Fsp3) is 0.267. The van der Waals surface area contributed by atoms with E-state index in [1.807, 2.05) is 52.0 Å². The van der Waals surface area contributed by atoms with Crippen LogP contribution in [0, 0.1) is 11.6 Å². The number of hydrogen-bond donors (Lipinski definition) is 0. The molecule has 0 saturated heterocycles. The Labute approximate surface area is 214 Å². The van der Waals surface area contributed by atoms with Gasteiger partial charge in [-0.25, -0.2) is 13.5 Å². The maximum Gasteiger partial charge on any atom is 0.254 e. The summed E-state index contributed by atoms with van der Waals surface area (Å²) < 4.78 is 29.3. The van der Waals surface area contributed by atoms with Crippen LogP contribution in [0.1, 0.15) is 45.7 Å². The molecular weight excluding hydrogens is 470 g/mol. The lowest BCUT2D eigenvalue weighted by molar-refractivity contribution is 0.0726. The van der Waals surface area contributed by atoms with Gasteiger partial charge in [-0.2, -0.15) is 5.10 Å². The lowest BCUT2D eigenvalue weighted by atomic mass is 10.0. The van der Waals surface area contributed by atoms with Gasteiger partial charge in [-0.3, -0.25) is 9.69 Å². The smallest absolute Gasteiger partial charge is 0.254 e. The van der Waals surface area contributed by atoms with Gasteiger partial charge in [0, 0.05) is 43.2 Å². The van der Waals surface area contributed by atoms with Crippen molar-refractivity contribution >= 4 is 5.91 Å². The molecule has 0 bridgehead atoms. The predicted molar refractivity (Wildman–Crippen MR) is 137 cm³/mol. The van der Waals surface area contributed by atoms with Crippen molar-refractivity contribution < 1.29 is 13.6 Å². The highest BCUT2D eigenvalue weighted by Crippen LogP contribution is 2.33. The minimum Gasteiger partial charge on any atom is -0.330 e. The number of nitrogens with zero attached hydrogens (tertiary/aromatic N) is 4. The van der Waals surface area contributed by atoms with E-state index in [0.29, 0.717) is 25.2 Å². The Morgan fingerprint density at radius 1 is 0.946 bits per heavy atom. The zero-order valence-corrected chi connectivity index (χ0v) is 20.5. The summed E-state index contributed by atoms with van der Waals surface area (Å²) in [4.78, 5) is 17.6. The third kappa shape index (κ3) is 5.04. The molecule has 1 amide bonds. The fourth-order valence-electron chi connectivity index (χ4n) is 5.14. The van der Waals surface area contributed by atoms with Gasteiger partial charge >= 0.3 is 0 Å². The van der Waals surface area contributed by atoms with Crippen molar-refractivity contribution in [3.8, 4) is 5.69 Å². The largest absolute Gasteiger partial charge is 0.330 e. The fourth-order valence-corrected chi connectivity index (χ4v) is 5.14. The van der Waals surface area contributed by atoms with Crippen molar-refractivity contribution in [2.75, 3.05) is 6.54 Å². The lowest BCUT2D eigenvalue weighted by Crippen LogP contribution is -2.34.